The summed E-state index contributed by atoms with van der Waals surface area (Å²) in [6.07, 6.45) is -4.87. The Morgan fingerprint density at radius 1 is 1.27 bits per heavy atom. The highest BCUT2D eigenvalue weighted by atomic mass is 16.7. The zero-order valence-corrected chi connectivity index (χ0v) is 11.9. The SMILES string of the molecule is CC(=O)N[C@H]1[C@@H](Oc2ccc(O)cc2)O[C@H](CO)[C@@H](O)[C@@H]1O. The maximum absolute atomic E-state index is 11.3. The van der Waals surface area contributed by atoms with Gasteiger partial charge in [0.2, 0.25) is 12.2 Å². The van der Waals surface area contributed by atoms with E-state index in [-0.39, 0.29) is 5.75 Å². The van der Waals surface area contributed by atoms with Gasteiger partial charge in [0.1, 0.15) is 35.9 Å². The molecule has 1 aliphatic rings. The molecule has 1 aromatic rings. The van der Waals surface area contributed by atoms with Crippen molar-refractivity contribution in [3.8, 4) is 11.5 Å². The van der Waals surface area contributed by atoms with E-state index in [0.717, 1.165) is 0 Å². The molecule has 0 spiro atoms. The molecular weight excluding hydrogens is 294 g/mol. The topological polar surface area (TPSA) is 128 Å². The number of phenolic OH excluding ortho intramolecular Hbond substituents is 1. The Hall–Kier alpha value is -1.87. The van der Waals surface area contributed by atoms with E-state index in [2.05, 4.69) is 5.32 Å². The number of aromatic hydroxyl groups is 1. The van der Waals surface area contributed by atoms with E-state index in [1.807, 2.05) is 0 Å². The molecule has 1 aromatic carbocycles. The van der Waals surface area contributed by atoms with Crippen molar-refractivity contribution in [2.75, 3.05) is 6.61 Å². The molecule has 1 amide bonds. The highest BCUT2D eigenvalue weighted by molar-refractivity contribution is 5.73. The van der Waals surface area contributed by atoms with Crippen molar-refractivity contribution in [3.63, 3.8) is 0 Å². The molecule has 2 rings (SSSR count). The Morgan fingerprint density at radius 2 is 1.91 bits per heavy atom. The molecule has 0 radical (unpaired) electrons. The van der Waals surface area contributed by atoms with Crippen molar-refractivity contribution in [3.05, 3.63) is 24.3 Å². The van der Waals surface area contributed by atoms with Crippen LogP contribution in [0.15, 0.2) is 24.3 Å². The molecule has 8 heteroatoms. The van der Waals surface area contributed by atoms with E-state index in [4.69, 9.17) is 9.47 Å². The van der Waals surface area contributed by atoms with Crippen molar-refractivity contribution >= 4 is 5.91 Å². The zero-order chi connectivity index (χ0) is 16.3. The maximum atomic E-state index is 11.3. The van der Waals surface area contributed by atoms with Crippen LogP contribution in [0.2, 0.25) is 0 Å². The van der Waals surface area contributed by atoms with E-state index in [1.165, 1.54) is 31.2 Å². The minimum Gasteiger partial charge on any atom is -0.508 e. The molecule has 0 unspecified atom stereocenters. The first-order valence-electron chi connectivity index (χ1n) is 6.77. The van der Waals surface area contributed by atoms with Gasteiger partial charge in [-0.1, -0.05) is 0 Å². The summed E-state index contributed by atoms with van der Waals surface area (Å²) in [7, 11) is 0. The molecule has 0 aliphatic carbocycles. The summed E-state index contributed by atoms with van der Waals surface area (Å²) in [6.45, 7) is 0.745. The maximum Gasteiger partial charge on any atom is 0.223 e. The van der Waals surface area contributed by atoms with E-state index in [1.54, 1.807) is 0 Å². The van der Waals surface area contributed by atoms with Gasteiger partial charge >= 0.3 is 0 Å². The second-order valence-electron chi connectivity index (χ2n) is 5.04. The summed E-state index contributed by atoms with van der Waals surface area (Å²) < 4.78 is 11.0. The van der Waals surface area contributed by atoms with Crippen molar-refractivity contribution < 1.29 is 34.7 Å². The number of aliphatic hydroxyl groups is 3. The minimum atomic E-state index is -1.36. The number of aliphatic hydroxyl groups excluding tert-OH is 3. The number of phenols is 1. The van der Waals surface area contributed by atoms with Crippen LogP contribution >= 0.6 is 0 Å². The summed E-state index contributed by atoms with van der Waals surface area (Å²) in [5.41, 5.74) is 0. The Morgan fingerprint density at radius 3 is 2.45 bits per heavy atom. The average molecular weight is 313 g/mol. The number of hydrogen-bond donors (Lipinski definition) is 5. The van der Waals surface area contributed by atoms with Gasteiger partial charge in [0.15, 0.2) is 0 Å². The molecule has 1 aliphatic heterocycles. The molecule has 1 heterocycles. The number of nitrogens with one attached hydrogen (secondary N) is 1. The van der Waals surface area contributed by atoms with Crippen LogP contribution in [0.5, 0.6) is 11.5 Å². The Balaban J connectivity index is 2.18. The lowest BCUT2D eigenvalue weighted by Gasteiger charge is -2.42. The summed E-state index contributed by atoms with van der Waals surface area (Å²) in [5.74, 6) is -0.0425. The molecule has 0 aromatic heterocycles. The number of carbonyl (C=O) groups is 1. The second kappa shape index (κ2) is 6.93. The Kier molecular flexibility index (Phi) is 5.19. The predicted octanol–water partition coefficient (Wildman–Crippen LogP) is -1.29. The number of rotatable bonds is 4. The number of ether oxygens (including phenoxy) is 2. The van der Waals surface area contributed by atoms with Gasteiger partial charge < -0.3 is 35.2 Å². The number of carbonyl (C=O) groups excluding carboxylic acids is 1. The zero-order valence-electron chi connectivity index (χ0n) is 11.9. The Bertz CT molecular complexity index is 506. The third kappa shape index (κ3) is 3.66. The molecule has 5 N–H and O–H groups in total. The highest BCUT2D eigenvalue weighted by Gasteiger charge is 2.46. The van der Waals surface area contributed by atoms with Crippen molar-refractivity contribution in [1.82, 2.24) is 5.32 Å². The lowest BCUT2D eigenvalue weighted by molar-refractivity contribution is -0.244. The Labute approximate surface area is 126 Å². The van der Waals surface area contributed by atoms with Crippen LogP contribution in [0.3, 0.4) is 0 Å². The predicted molar refractivity (Wildman–Crippen MR) is 74.1 cm³/mol. The number of amides is 1. The van der Waals surface area contributed by atoms with Crippen LogP contribution in [-0.4, -0.2) is 63.6 Å². The lowest BCUT2D eigenvalue weighted by Crippen LogP contribution is -2.65. The van der Waals surface area contributed by atoms with Gasteiger partial charge in [0.05, 0.1) is 6.61 Å². The van der Waals surface area contributed by atoms with E-state index >= 15 is 0 Å². The van der Waals surface area contributed by atoms with Gasteiger partial charge in [-0.15, -0.1) is 0 Å². The van der Waals surface area contributed by atoms with Crippen LogP contribution in [0.4, 0.5) is 0 Å². The fourth-order valence-electron chi connectivity index (χ4n) is 2.23. The van der Waals surface area contributed by atoms with Gasteiger partial charge in [0, 0.05) is 6.92 Å². The molecule has 1 fully saturated rings. The summed E-state index contributed by atoms with van der Waals surface area (Å²) in [6, 6.07) is 4.76. The minimum absolute atomic E-state index is 0.0546. The third-order valence-electron chi connectivity index (χ3n) is 3.34. The van der Waals surface area contributed by atoms with Gasteiger partial charge in [-0.05, 0) is 24.3 Å². The molecule has 5 atom stereocenters. The van der Waals surface area contributed by atoms with E-state index < -0.39 is 43.2 Å². The van der Waals surface area contributed by atoms with Crippen molar-refractivity contribution in [2.45, 2.75) is 37.6 Å². The summed E-state index contributed by atoms with van der Waals surface area (Å²) in [4.78, 5) is 11.3. The van der Waals surface area contributed by atoms with E-state index in [0.29, 0.717) is 5.75 Å². The fraction of sp³-hybridized carbons (Fsp3) is 0.500. The second-order valence-corrected chi connectivity index (χ2v) is 5.04. The van der Waals surface area contributed by atoms with Crippen LogP contribution in [0, 0.1) is 0 Å². The van der Waals surface area contributed by atoms with Crippen LogP contribution in [-0.2, 0) is 9.53 Å². The van der Waals surface area contributed by atoms with Gasteiger partial charge in [-0.3, -0.25) is 4.79 Å². The standard InChI is InChI=1S/C14H19NO7/c1-7(17)15-11-13(20)12(19)10(6-16)22-14(11)21-9-4-2-8(18)3-5-9/h2-5,10-14,16,18-20H,6H2,1H3,(H,15,17)/t10-,11-,12-,13-,14+/m1/s1. The van der Waals surface area contributed by atoms with Gasteiger partial charge in [-0.25, -0.2) is 0 Å². The molecule has 122 valence electrons. The molecule has 0 saturated carbocycles. The third-order valence-corrected chi connectivity index (χ3v) is 3.34. The largest absolute Gasteiger partial charge is 0.508 e. The molecular formula is C14H19NO7. The summed E-state index contributed by atoms with van der Waals surface area (Å²) in [5, 5.41) is 40.9. The first kappa shape index (κ1) is 16.5. The van der Waals surface area contributed by atoms with Crippen molar-refractivity contribution in [1.29, 1.82) is 0 Å². The smallest absolute Gasteiger partial charge is 0.223 e. The van der Waals surface area contributed by atoms with Crippen LogP contribution < -0.4 is 10.1 Å². The van der Waals surface area contributed by atoms with Crippen LogP contribution in [0.1, 0.15) is 6.92 Å². The normalized spacial score (nSPS) is 31.5. The molecule has 8 nitrogen and oxygen atoms in total. The lowest BCUT2D eigenvalue weighted by atomic mass is 9.97. The molecule has 22 heavy (non-hydrogen) atoms. The molecule has 1 saturated heterocycles. The first-order valence-corrected chi connectivity index (χ1v) is 6.77. The highest BCUT2D eigenvalue weighted by Crippen LogP contribution is 2.25. The fourth-order valence-corrected chi connectivity index (χ4v) is 2.23. The monoisotopic (exact) mass is 313 g/mol. The number of hydrogen-bond acceptors (Lipinski definition) is 7. The average Bonchev–Trinajstić information content (AvgIpc) is 2.48. The van der Waals surface area contributed by atoms with E-state index in [9.17, 15) is 25.2 Å². The number of benzene rings is 1. The first-order chi connectivity index (χ1) is 10.4. The molecule has 0 bridgehead atoms. The van der Waals surface area contributed by atoms with Gasteiger partial charge in [0.25, 0.3) is 0 Å². The van der Waals surface area contributed by atoms with Crippen LogP contribution in [0.25, 0.3) is 0 Å². The van der Waals surface area contributed by atoms with Gasteiger partial charge in [-0.2, -0.15) is 0 Å². The summed E-state index contributed by atoms with van der Waals surface area (Å²) >= 11 is 0. The quantitative estimate of drug-likeness (QED) is 0.468. The van der Waals surface area contributed by atoms with Crippen molar-refractivity contribution in [2.24, 2.45) is 0 Å².